The van der Waals surface area contributed by atoms with E-state index in [2.05, 4.69) is 28.2 Å². The number of nitrogens with zero attached hydrogens (tertiary/aromatic N) is 2. The summed E-state index contributed by atoms with van der Waals surface area (Å²) in [4.78, 5) is 58.7. The fourth-order valence-electron chi connectivity index (χ4n) is 6.89. The van der Waals surface area contributed by atoms with E-state index in [0.717, 1.165) is 12.8 Å². The van der Waals surface area contributed by atoms with Crippen LogP contribution in [-0.2, 0) is 28.7 Å². The van der Waals surface area contributed by atoms with Gasteiger partial charge in [0.05, 0.1) is 12.5 Å². The molecule has 7 atom stereocenters. The molecule has 11 heteroatoms. The first-order valence-electron chi connectivity index (χ1n) is 15.2. The first-order valence-corrected chi connectivity index (χ1v) is 16.0. The van der Waals surface area contributed by atoms with Crippen molar-refractivity contribution in [3.05, 3.63) is 58.6 Å². The smallest absolute Gasteiger partial charge is 0.313 e. The number of hydrogen-bond acceptors (Lipinski definition) is 7. The molecule has 1 spiro atoms. The Bertz CT molecular complexity index is 1290. The lowest BCUT2D eigenvalue weighted by atomic mass is 9.74. The molecule has 1 aromatic rings. The number of allylic oxidation sites excluding steroid dienone is 1. The number of carbonyl (C=O) groups excluding carboxylic acids is 4. The lowest BCUT2D eigenvalue weighted by Gasteiger charge is -2.38. The quantitative estimate of drug-likeness (QED) is 0.341. The molecule has 43 heavy (non-hydrogen) atoms. The number of fused-ring (bicyclic) bond motifs is 2. The number of cyclic esters (lactones) is 1. The van der Waals surface area contributed by atoms with Crippen molar-refractivity contribution in [2.45, 2.75) is 75.8 Å². The predicted molar refractivity (Wildman–Crippen MR) is 162 cm³/mol. The first kappa shape index (κ1) is 31.4. The molecule has 5 rings (SSSR count). The number of esters is 1. The van der Waals surface area contributed by atoms with Crippen LogP contribution < -0.4 is 5.32 Å². The SMILES string of the molecule is CCCC(C)N1C/C=C\CCC(=O)NC[C@@H](c2ccccc2)OC(=O)[C@@H]2[C@H]3O[C@@]4(C=C3Br)[C@H](C1=O)N(CCCO)C(=O)[C@@H]24. The first-order chi connectivity index (χ1) is 20.7. The van der Waals surface area contributed by atoms with Crippen LogP contribution in [-0.4, -0.2) is 88.6 Å². The summed E-state index contributed by atoms with van der Waals surface area (Å²) in [6, 6.07) is 8.01. The zero-order valence-corrected chi connectivity index (χ0v) is 26.2. The fourth-order valence-corrected chi connectivity index (χ4v) is 7.63. The number of aliphatic hydroxyl groups is 1. The highest BCUT2D eigenvalue weighted by molar-refractivity contribution is 9.11. The van der Waals surface area contributed by atoms with Gasteiger partial charge in [-0.15, -0.1) is 0 Å². The predicted octanol–water partition coefficient (Wildman–Crippen LogP) is 3.01. The minimum absolute atomic E-state index is 0.0728. The van der Waals surface area contributed by atoms with E-state index in [0.29, 0.717) is 23.0 Å². The minimum atomic E-state index is -1.37. The number of likely N-dealkylation sites (tertiary alicyclic amines) is 1. The number of carbonyl (C=O) groups is 4. The van der Waals surface area contributed by atoms with E-state index in [9.17, 15) is 24.3 Å². The van der Waals surface area contributed by atoms with Crippen LogP contribution in [0.5, 0.6) is 0 Å². The third kappa shape index (κ3) is 5.91. The van der Waals surface area contributed by atoms with Gasteiger partial charge >= 0.3 is 5.97 Å². The van der Waals surface area contributed by atoms with Crippen molar-refractivity contribution in [2.75, 3.05) is 26.2 Å². The van der Waals surface area contributed by atoms with Gasteiger partial charge in [0.15, 0.2) is 0 Å². The average Bonchev–Trinajstić information content (AvgIpc) is 3.58. The second-order valence-electron chi connectivity index (χ2n) is 11.7. The van der Waals surface area contributed by atoms with Crippen molar-refractivity contribution in [1.82, 2.24) is 15.1 Å². The van der Waals surface area contributed by atoms with E-state index < -0.39 is 41.7 Å². The summed E-state index contributed by atoms with van der Waals surface area (Å²) >= 11 is 3.57. The standard InChI is InChI=1S/C32H40BrN3O7/c1-3-11-20(2)35-15-9-5-8-14-24(38)34-19-23(21-12-6-4-7-13-21)42-31(41)25-26-29(39)36(16-10-17-37)28(30(35)40)32(26)18-22(33)27(25)43-32/h4-7,9,12-13,18,20,23,25-28,37H,3,8,10-11,14-17,19H2,1-2H3,(H,34,38)/b9-5-/t20?,23-,25-,26+,27-,28-,32+/m0/s1. The number of nitrogens with one attached hydrogen (secondary N) is 1. The maximum Gasteiger partial charge on any atom is 0.313 e. The van der Waals surface area contributed by atoms with Crippen LogP contribution in [0.2, 0.25) is 0 Å². The van der Waals surface area contributed by atoms with E-state index in [4.69, 9.17) is 9.47 Å². The lowest BCUT2D eigenvalue weighted by molar-refractivity contribution is -0.160. The molecule has 0 aromatic heterocycles. The lowest BCUT2D eigenvalue weighted by Crippen LogP contribution is -2.57. The molecule has 0 radical (unpaired) electrons. The summed E-state index contributed by atoms with van der Waals surface area (Å²) in [6.07, 6.45) is 6.61. The molecule has 1 aromatic carbocycles. The second-order valence-corrected chi connectivity index (χ2v) is 12.6. The second kappa shape index (κ2) is 13.3. The number of rotatable bonds is 7. The monoisotopic (exact) mass is 657 g/mol. The summed E-state index contributed by atoms with van der Waals surface area (Å²) < 4.78 is 13.2. The van der Waals surface area contributed by atoms with Crippen molar-refractivity contribution in [3.8, 4) is 0 Å². The molecule has 4 heterocycles. The third-order valence-electron chi connectivity index (χ3n) is 8.93. The van der Waals surface area contributed by atoms with Gasteiger partial charge in [-0.2, -0.15) is 0 Å². The Morgan fingerprint density at radius 2 is 1.91 bits per heavy atom. The Morgan fingerprint density at radius 1 is 1.14 bits per heavy atom. The Labute approximate surface area is 260 Å². The van der Waals surface area contributed by atoms with Crippen molar-refractivity contribution in [2.24, 2.45) is 11.8 Å². The Balaban J connectivity index is 1.58. The topological polar surface area (TPSA) is 125 Å². The van der Waals surface area contributed by atoms with Gasteiger partial charge in [0.1, 0.15) is 29.8 Å². The van der Waals surface area contributed by atoms with Crippen LogP contribution in [0.4, 0.5) is 0 Å². The van der Waals surface area contributed by atoms with Gasteiger partial charge in [0.25, 0.3) is 0 Å². The normalized spacial score (nSPS) is 32.7. The van der Waals surface area contributed by atoms with Gasteiger partial charge in [0, 0.05) is 36.6 Å². The van der Waals surface area contributed by atoms with Crippen LogP contribution in [0, 0.1) is 11.8 Å². The molecular formula is C32H40BrN3O7. The minimum Gasteiger partial charge on any atom is -0.455 e. The maximum absolute atomic E-state index is 14.6. The molecule has 10 nitrogen and oxygen atoms in total. The molecule has 3 amide bonds. The molecule has 0 saturated carbocycles. The van der Waals surface area contributed by atoms with Crippen LogP contribution in [0.3, 0.4) is 0 Å². The van der Waals surface area contributed by atoms with Crippen LogP contribution in [0.1, 0.15) is 57.6 Å². The number of amides is 3. The van der Waals surface area contributed by atoms with Crippen LogP contribution >= 0.6 is 15.9 Å². The van der Waals surface area contributed by atoms with Gasteiger partial charge in [-0.25, -0.2) is 0 Å². The highest BCUT2D eigenvalue weighted by Gasteiger charge is 2.75. The van der Waals surface area contributed by atoms with Crippen molar-refractivity contribution in [3.63, 3.8) is 0 Å². The zero-order chi connectivity index (χ0) is 30.7. The largest absolute Gasteiger partial charge is 0.455 e. The number of halogens is 1. The van der Waals surface area contributed by atoms with E-state index in [1.54, 1.807) is 11.0 Å². The van der Waals surface area contributed by atoms with Gasteiger partial charge < -0.3 is 29.7 Å². The van der Waals surface area contributed by atoms with E-state index in [1.165, 1.54) is 4.90 Å². The van der Waals surface area contributed by atoms with E-state index in [1.807, 2.05) is 49.4 Å². The Hall–Kier alpha value is -3.02. The zero-order valence-electron chi connectivity index (χ0n) is 24.6. The van der Waals surface area contributed by atoms with Gasteiger partial charge in [-0.3, -0.25) is 19.2 Å². The third-order valence-corrected chi connectivity index (χ3v) is 9.61. The molecule has 2 saturated heterocycles. The number of hydrogen-bond donors (Lipinski definition) is 2. The summed E-state index contributed by atoms with van der Waals surface area (Å²) in [5.41, 5.74) is -0.659. The van der Waals surface area contributed by atoms with Crippen molar-refractivity contribution >= 4 is 39.6 Å². The summed E-state index contributed by atoms with van der Waals surface area (Å²) in [5, 5.41) is 12.5. The summed E-state index contributed by atoms with van der Waals surface area (Å²) in [7, 11) is 0. The molecule has 0 aliphatic carbocycles. The van der Waals surface area contributed by atoms with Crippen molar-refractivity contribution in [1.29, 1.82) is 0 Å². The number of ether oxygens (including phenoxy) is 2. The molecule has 2 fully saturated rings. The van der Waals surface area contributed by atoms with E-state index >= 15 is 0 Å². The molecule has 1 unspecified atom stereocenters. The maximum atomic E-state index is 14.6. The molecule has 4 aliphatic rings. The van der Waals surface area contributed by atoms with Crippen molar-refractivity contribution < 1.29 is 33.8 Å². The molecule has 232 valence electrons. The average molecular weight is 659 g/mol. The fraction of sp³-hybridized carbons (Fsp3) is 0.562. The van der Waals surface area contributed by atoms with Gasteiger partial charge in [0.2, 0.25) is 17.7 Å². The summed E-state index contributed by atoms with van der Waals surface area (Å²) in [5.74, 6) is -3.41. The molecule has 5 bridgehead atoms. The highest BCUT2D eigenvalue weighted by atomic mass is 79.9. The molecule has 2 N–H and O–H groups in total. The Kier molecular flexibility index (Phi) is 9.73. The van der Waals surface area contributed by atoms with Crippen LogP contribution in [0.15, 0.2) is 53.0 Å². The Morgan fingerprint density at radius 3 is 2.63 bits per heavy atom. The van der Waals surface area contributed by atoms with Gasteiger partial charge in [-0.1, -0.05) is 71.8 Å². The highest BCUT2D eigenvalue weighted by Crippen LogP contribution is 2.59. The number of benzene rings is 1. The number of aliphatic hydroxyl groups excluding tert-OH is 1. The van der Waals surface area contributed by atoms with Gasteiger partial charge in [-0.05, 0) is 37.8 Å². The molecular weight excluding hydrogens is 618 g/mol. The van der Waals surface area contributed by atoms with E-state index in [-0.39, 0.29) is 56.3 Å². The van der Waals surface area contributed by atoms with Crippen LogP contribution in [0.25, 0.3) is 0 Å². The summed E-state index contributed by atoms with van der Waals surface area (Å²) in [6.45, 7) is 4.41. The molecule has 4 aliphatic heterocycles.